The highest BCUT2D eigenvalue weighted by molar-refractivity contribution is 5.85. The van der Waals surface area contributed by atoms with Gasteiger partial charge in [0.2, 0.25) is 0 Å². The second kappa shape index (κ2) is 4.74. The SMILES string of the molecule is CC[C@@]1(N)C[C@@H]1c1cccc(N=[N+]=[N-])c1.Cl. The van der Waals surface area contributed by atoms with Crippen molar-refractivity contribution in [3.8, 4) is 0 Å². The topological polar surface area (TPSA) is 74.8 Å². The fraction of sp³-hybridized carbons (Fsp3) is 0.455. The maximum Gasteiger partial charge on any atom is 0.0378 e. The van der Waals surface area contributed by atoms with Gasteiger partial charge in [0, 0.05) is 22.1 Å². The molecular weight excluding hydrogens is 224 g/mol. The maximum atomic E-state index is 8.35. The highest BCUT2D eigenvalue weighted by atomic mass is 35.5. The highest BCUT2D eigenvalue weighted by Crippen LogP contribution is 2.51. The first-order valence-electron chi connectivity index (χ1n) is 5.13. The summed E-state index contributed by atoms with van der Waals surface area (Å²) in [5, 5.41) is 3.59. The first-order valence-corrected chi connectivity index (χ1v) is 5.13. The summed E-state index contributed by atoms with van der Waals surface area (Å²) in [6.45, 7) is 2.11. The molecule has 1 aliphatic carbocycles. The van der Waals surface area contributed by atoms with E-state index in [1.165, 1.54) is 5.56 Å². The third-order valence-corrected chi connectivity index (χ3v) is 3.21. The predicted molar refractivity (Wildman–Crippen MR) is 67.1 cm³/mol. The molecule has 1 aromatic carbocycles. The van der Waals surface area contributed by atoms with Gasteiger partial charge in [-0.05, 0) is 30.0 Å². The van der Waals surface area contributed by atoms with Crippen LogP contribution in [0, 0.1) is 0 Å². The van der Waals surface area contributed by atoms with E-state index in [0.717, 1.165) is 12.8 Å². The normalized spacial score (nSPS) is 26.5. The Labute approximate surface area is 101 Å². The smallest absolute Gasteiger partial charge is 0.0378 e. The van der Waals surface area contributed by atoms with Gasteiger partial charge >= 0.3 is 0 Å². The van der Waals surface area contributed by atoms with Gasteiger partial charge in [0.15, 0.2) is 0 Å². The Bertz CT molecular complexity index is 428. The first kappa shape index (κ1) is 12.8. The number of rotatable bonds is 3. The van der Waals surface area contributed by atoms with E-state index in [1.807, 2.05) is 18.2 Å². The van der Waals surface area contributed by atoms with Crippen molar-refractivity contribution in [2.24, 2.45) is 10.8 Å². The van der Waals surface area contributed by atoms with E-state index in [-0.39, 0.29) is 17.9 Å². The Kier molecular flexibility index (Phi) is 3.81. The van der Waals surface area contributed by atoms with Crippen LogP contribution < -0.4 is 5.73 Å². The molecule has 1 saturated carbocycles. The van der Waals surface area contributed by atoms with Crippen molar-refractivity contribution in [2.45, 2.75) is 31.2 Å². The molecule has 0 saturated heterocycles. The first-order chi connectivity index (χ1) is 7.19. The summed E-state index contributed by atoms with van der Waals surface area (Å²) in [5.41, 5.74) is 16.3. The summed E-state index contributed by atoms with van der Waals surface area (Å²) in [6, 6.07) is 7.68. The second-order valence-electron chi connectivity index (χ2n) is 4.13. The molecule has 2 rings (SSSR count). The van der Waals surface area contributed by atoms with Crippen LogP contribution in [-0.4, -0.2) is 5.54 Å². The van der Waals surface area contributed by atoms with Gasteiger partial charge in [-0.2, -0.15) is 0 Å². The van der Waals surface area contributed by atoms with Crippen molar-refractivity contribution in [2.75, 3.05) is 0 Å². The standard InChI is InChI=1S/C11H14N4.ClH/c1-2-11(12)7-10(11)8-4-3-5-9(6-8)14-15-13;/h3-6,10H,2,7,12H2,1H3;1H/t10-,11-;/m1./s1. The Morgan fingerprint density at radius 1 is 1.62 bits per heavy atom. The van der Waals surface area contributed by atoms with Crippen molar-refractivity contribution in [1.82, 2.24) is 0 Å². The minimum Gasteiger partial charge on any atom is -0.325 e. The molecule has 4 nitrogen and oxygen atoms in total. The molecule has 0 aliphatic heterocycles. The lowest BCUT2D eigenvalue weighted by Gasteiger charge is -2.07. The van der Waals surface area contributed by atoms with E-state index < -0.39 is 0 Å². The minimum atomic E-state index is -0.0328. The van der Waals surface area contributed by atoms with Crippen molar-refractivity contribution in [1.29, 1.82) is 0 Å². The number of azide groups is 1. The minimum absolute atomic E-state index is 0. The van der Waals surface area contributed by atoms with Gasteiger partial charge in [-0.25, -0.2) is 0 Å². The molecule has 0 radical (unpaired) electrons. The average Bonchev–Trinajstić information content (AvgIpc) is 2.93. The molecule has 0 aromatic heterocycles. The molecule has 1 fully saturated rings. The van der Waals surface area contributed by atoms with Crippen LogP contribution >= 0.6 is 12.4 Å². The van der Waals surface area contributed by atoms with E-state index in [2.05, 4.69) is 16.9 Å². The van der Waals surface area contributed by atoms with Crippen LogP contribution in [-0.2, 0) is 0 Å². The number of hydrogen-bond donors (Lipinski definition) is 1. The third kappa shape index (κ3) is 2.30. The van der Waals surface area contributed by atoms with Gasteiger partial charge in [-0.1, -0.05) is 30.2 Å². The summed E-state index contributed by atoms with van der Waals surface area (Å²) in [5.74, 6) is 0.427. The lowest BCUT2D eigenvalue weighted by atomic mass is 10.0. The molecule has 0 unspecified atom stereocenters. The van der Waals surface area contributed by atoms with Crippen molar-refractivity contribution < 1.29 is 0 Å². The van der Waals surface area contributed by atoms with Crippen molar-refractivity contribution in [3.63, 3.8) is 0 Å². The molecule has 0 spiro atoms. The van der Waals surface area contributed by atoms with Crippen molar-refractivity contribution in [3.05, 3.63) is 40.3 Å². The van der Waals surface area contributed by atoms with Crippen LogP contribution in [0.1, 0.15) is 31.2 Å². The Balaban J connectivity index is 0.00000128. The van der Waals surface area contributed by atoms with E-state index in [1.54, 1.807) is 6.07 Å². The highest BCUT2D eigenvalue weighted by Gasteiger charge is 2.49. The molecule has 2 atom stereocenters. The summed E-state index contributed by atoms with van der Waals surface area (Å²) in [4.78, 5) is 2.78. The fourth-order valence-corrected chi connectivity index (χ4v) is 2.02. The number of nitrogens with zero attached hydrogens (tertiary/aromatic N) is 3. The summed E-state index contributed by atoms with van der Waals surface area (Å²) in [6.07, 6.45) is 2.02. The number of benzene rings is 1. The summed E-state index contributed by atoms with van der Waals surface area (Å²) < 4.78 is 0. The number of hydrogen-bond acceptors (Lipinski definition) is 2. The van der Waals surface area contributed by atoms with Gasteiger partial charge in [0.05, 0.1) is 0 Å². The van der Waals surface area contributed by atoms with Crippen LogP contribution in [0.2, 0.25) is 0 Å². The molecule has 86 valence electrons. The van der Waals surface area contributed by atoms with E-state index in [4.69, 9.17) is 11.3 Å². The zero-order valence-electron chi connectivity index (χ0n) is 9.13. The van der Waals surface area contributed by atoms with E-state index in [9.17, 15) is 0 Å². The van der Waals surface area contributed by atoms with Crippen LogP contribution in [0.25, 0.3) is 10.4 Å². The van der Waals surface area contributed by atoms with Gasteiger partial charge < -0.3 is 5.73 Å². The number of nitrogens with two attached hydrogens (primary N) is 1. The lowest BCUT2D eigenvalue weighted by molar-refractivity contribution is 0.626. The molecule has 2 N–H and O–H groups in total. The van der Waals surface area contributed by atoms with Gasteiger partial charge in [0.1, 0.15) is 0 Å². The van der Waals surface area contributed by atoms with Crippen LogP contribution in [0.3, 0.4) is 0 Å². The summed E-state index contributed by atoms with van der Waals surface area (Å²) >= 11 is 0. The third-order valence-electron chi connectivity index (χ3n) is 3.21. The number of halogens is 1. The van der Waals surface area contributed by atoms with Gasteiger partial charge in [-0.15, -0.1) is 12.4 Å². The second-order valence-corrected chi connectivity index (χ2v) is 4.13. The molecule has 0 amide bonds. The van der Waals surface area contributed by atoms with Crippen LogP contribution in [0.4, 0.5) is 5.69 Å². The molecule has 1 aliphatic rings. The van der Waals surface area contributed by atoms with E-state index in [0.29, 0.717) is 11.6 Å². The van der Waals surface area contributed by atoms with Gasteiger partial charge in [-0.3, -0.25) is 0 Å². The molecule has 5 heteroatoms. The lowest BCUT2D eigenvalue weighted by Crippen LogP contribution is -2.22. The molecule has 16 heavy (non-hydrogen) atoms. The van der Waals surface area contributed by atoms with Crippen LogP contribution in [0.15, 0.2) is 29.4 Å². The van der Waals surface area contributed by atoms with E-state index >= 15 is 0 Å². The quantitative estimate of drug-likeness (QED) is 0.487. The predicted octanol–water partition coefficient (Wildman–Crippen LogP) is 3.65. The average molecular weight is 239 g/mol. The monoisotopic (exact) mass is 238 g/mol. The molecule has 1 aromatic rings. The fourth-order valence-electron chi connectivity index (χ4n) is 2.02. The Morgan fingerprint density at radius 2 is 2.38 bits per heavy atom. The zero-order chi connectivity index (χ0) is 10.9. The molecule has 0 heterocycles. The zero-order valence-corrected chi connectivity index (χ0v) is 9.94. The van der Waals surface area contributed by atoms with Gasteiger partial charge in [0.25, 0.3) is 0 Å². The largest absolute Gasteiger partial charge is 0.325 e. The maximum absolute atomic E-state index is 8.35. The Hall–Kier alpha value is -1.22. The molecular formula is C11H15ClN4. The van der Waals surface area contributed by atoms with Crippen molar-refractivity contribution >= 4 is 18.1 Å². The summed E-state index contributed by atoms with van der Waals surface area (Å²) in [7, 11) is 0. The Morgan fingerprint density at radius 3 is 2.94 bits per heavy atom. The molecule has 0 bridgehead atoms. The van der Waals surface area contributed by atoms with Crippen LogP contribution in [0.5, 0.6) is 0 Å².